The number of carbonyl (C=O) groups is 1. The van der Waals surface area contributed by atoms with E-state index in [1.807, 2.05) is 30.3 Å². The molecule has 1 aromatic rings. The fourth-order valence-electron chi connectivity index (χ4n) is 2.95. The molecule has 1 amide bonds. The molecule has 2 fully saturated rings. The number of nitrogens with zero attached hydrogens (tertiary/aromatic N) is 1. The van der Waals surface area contributed by atoms with Crippen molar-refractivity contribution in [1.29, 1.82) is 0 Å². The van der Waals surface area contributed by atoms with E-state index < -0.39 is 0 Å². The minimum Gasteiger partial charge on any atom is -0.373 e. The van der Waals surface area contributed by atoms with Crippen LogP contribution in [0.5, 0.6) is 0 Å². The Labute approximate surface area is 130 Å². The van der Waals surface area contributed by atoms with Crippen molar-refractivity contribution in [2.24, 2.45) is 0 Å². The second kappa shape index (κ2) is 7.29. The normalized spacial score (nSPS) is 25.5. The summed E-state index contributed by atoms with van der Waals surface area (Å²) in [6.07, 6.45) is 2.68. The standard InChI is InChI=1S/C16H22N2O2S/c19-16(12-21-15-6-2-1-3-7-15)17-9-14-10-18-8-4-5-13(18)11-20-14/h1-3,6-7,13-14H,4-5,8-12H2,(H,17,19). The third-order valence-corrected chi connectivity index (χ3v) is 5.11. The van der Waals surface area contributed by atoms with E-state index >= 15 is 0 Å². The van der Waals surface area contributed by atoms with Crippen molar-refractivity contribution in [3.05, 3.63) is 30.3 Å². The second-order valence-electron chi connectivity index (χ2n) is 5.65. The third kappa shape index (κ3) is 4.22. The average Bonchev–Trinajstić information content (AvgIpc) is 2.99. The summed E-state index contributed by atoms with van der Waals surface area (Å²) < 4.78 is 5.84. The van der Waals surface area contributed by atoms with Gasteiger partial charge in [-0.15, -0.1) is 11.8 Å². The minimum absolute atomic E-state index is 0.0796. The number of fused-ring (bicyclic) bond motifs is 1. The van der Waals surface area contributed by atoms with Crippen LogP contribution < -0.4 is 5.32 Å². The molecule has 0 bridgehead atoms. The predicted octanol–water partition coefficient (Wildman–Crippen LogP) is 1.76. The highest BCUT2D eigenvalue weighted by atomic mass is 32.2. The van der Waals surface area contributed by atoms with Crippen LogP contribution in [0.2, 0.25) is 0 Å². The zero-order valence-electron chi connectivity index (χ0n) is 12.2. The Morgan fingerprint density at radius 2 is 2.24 bits per heavy atom. The van der Waals surface area contributed by atoms with Crippen molar-refractivity contribution in [2.45, 2.75) is 29.9 Å². The van der Waals surface area contributed by atoms with Gasteiger partial charge in [0.2, 0.25) is 5.91 Å². The molecule has 0 radical (unpaired) electrons. The molecule has 2 unspecified atom stereocenters. The van der Waals surface area contributed by atoms with E-state index in [0.717, 1.165) is 18.0 Å². The number of morpholine rings is 1. The van der Waals surface area contributed by atoms with Gasteiger partial charge in [-0.05, 0) is 31.5 Å². The molecular weight excluding hydrogens is 284 g/mol. The zero-order chi connectivity index (χ0) is 14.5. The number of hydrogen-bond acceptors (Lipinski definition) is 4. The first-order valence-electron chi connectivity index (χ1n) is 7.61. The van der Waals surface area contributed by atoms with Gasteiger partial charge in [0, 0.05) is 24.0 Å². The summed E-state index contributed by atoms with van der Waals surface area (Å²) in [5.74, 6) is 0.541. The predicted molar refractivity (Wildman–Crippen MR) is 84.5 cm³/mol. The molecule has 1 N–H and O–H groups in total. The van der Waals surface area contributed by atoms with Gasteiger partial charge in [0.15, 0.2) is 0 Å². The lowest BCUT2D eigenvalue weighted by Gasteiger charge is -2.35. The molecular formula is C16H22N2O2S. The fourth-order valence-corrected chi connectivity index (χ4v) is 3.70. The van der Waals surface area contributed by atoms with Gasteiger partial charge in [0.05, 0.1) is 18.5 Å². The van der Waals surface area contributed by atoms with E-state index in [0.29, 0.717) is 18.3 Å². The van der Waals surface area contributed by atoms with E-state index in [4.69, 9.17) is 4.74 Å². The SMILES string of the molecule is O=C(CSc1ccccc1)NCC1CN2CCCC2CO1. The van der Waals surface area contributed by atoms with E-state index in [9.17, 15) is 4.79 Å². The monoisotopic (exact) mass is 306 g/mol. The summed E-state index contributed by atoms with van der Waals surface area (Å²) >= 11 is 1.57. The van der Waals surface area contributed by atoms with E-state index in [2.05, 4.69) is 10.2 Å². The van der Waals surface area contributed by atoms with Gasteiger partial charge in [-0.25, -0.2) is 0 Å². The molecule has 1 aromatic carbocycles. The molecule has 0 aromatic heterocycles. The van der Waals surface area contributed by atoms with Crippen LogP contribution in [0.15, 0.2) is 35.2 Å². The second-order valence-corrected chi connectivity index (χ2v) is 6.70. The number of rotatable bonds is 5. The Hall–Kier alpha value is -1.04. The Morgan fingerprint density at radius 3 is 3.10 bits per heavy atom. The third-order valence-electron chi connectivity index (χ3n) is 4.10. The van der Waals surface area contributed by atoms with Gasteiger partial charge in [-0.1, -0.05) is 18.2 Å². The molecule has 3 rings (SSSR count). The number of amides is 1. The first kappa shape index (κ1) is 14.9. The van der Waals surface area contributed by atoms with Crippen molar-refractivity contribution in [3.63, 3.8) is 0 Å². The molecule has 21 heavy (non-hydrogen) atoms. The van der Waals surface area contributed by atoms with Crippen LogP contribution in [0.4, 0.5) is 0 Å². The summed E-state index contributed by atoms with van der Waals surface area (Å²) in [5, 5.41) is 2.99. The van der Waals surface area contributed by atoms with Crippen LogP contribution in [-0.4, -0.2) is 54.9 Å². The van der Waals surface area contributed by atoms with Gasteiger partial charge < -0.3 is 10.1 Å². The molecule has 0 spiro atoms. The van der Waals surface area contributed by atoms with Crippen molar-refractivity contribution in [3.8, 4) is 0 Å². The van der Waals surface area contributed by atoms with E-state index in [1.165, 1.54) is 19.4 Å². The smallest absolute Gasteiger partial charge is 0.230 e. The number of hydrogen-bond donors (Lipinski definition) is 1. The first-order chi connectivity index (χ1) is 10.3. The molecule has 2 aliphatic heterocycles. The van der Waals surface area contributed by atoms with Crippen LogP contribution in [-0.2, 0) is 9.53 Å². The average molecular weight is 306 g/mol. The maximum Gasteiger partial charge on any atom is 0.230 e. The van der Waals surface area contributed by atoms with Crippen LogP contribution in [0.1, 0.15) is 12.8 Å². The Balaban J connectivity index is 1.36. The summed E-state index contributed by atoms with van der Waals surface area (Å²) in [7, 11) is 0. The Kier molecular flexibility index (Phi) is 5.17. The van der Waals surface area contributed by atoms with Crippen molar-refractivity contribution < 1.29 is 9.53 Å². The summed E-state index contributed by atoms with van der Waals surface area (Å²) in [4.78, 5) is 15.5. The quantitative estimate of drug-likeness (QED) is 0.842. The topological polar surface area (TPSA) is 41.6 Å². The highest BCUT2D eigenvalue weighted by Crippen LogP contribution is 2.22. The molecule has 4 nitrogen and oxygen atoms in total. The lowest BCUT2D eigenvalue weighted by atomic mass is 10.2. The van der Waals surface area contributed by atoms with Crippen LogP contribution in [0.3, 0.4) is 0 Å². The molecule has 0 saturated carbocycles. The number of benzene rings is 1. The Morgan fingerprint density at radius 1 is 1.38 bits per heavy atom. The maximum atomic E-state index is 11.9. The van der Waals surface area contributed by atoms with Gasteiger partial charge >= 0.3 is 0 Å². The van der Waals surface area contributed by atoms with Crippen molar-refractivity contribution in [2.75, 3.05) is 32.0 Å². The van der Waals surface area contributed by atoms with Crippen LogP contribution in [0, 0.1) is 0 Å². The summed E-state index contributed by atoms with van der Waals surface area (Å²) in [5.41, 5.74) is 0. The molecule has 2 saturated heterocycles. The van der Waals surface area contributed by atoms with Crippen LogP contribution >= 0.6 is 11.8 Å². The van der Waals surface area contributed by atoms with Gasteiger partial charge in [-0.3, -0.25) is 9.69 Å². The Bertz CT molecular complexity index is 469. The zero-order valence-corrected chi connectivity index (χ0v) is 13.0. The molecule has 114 valence electrons. The van der Waals surface area contributed by atoms with E-state index in [-0.39, 0.29) is 12.0 Å². The summed E-state index contributed by atoms with van der Waals surface area (Å²) in [6.45, 7) is 3.58. The largest absolute Gasteiger partial charge is 0.373 e. The number of thioether (sulfide) groups is 1. The fraction of sp³-hybridized carbons (Fsp3) is 0.562. The number of ether oxygens (including phenoxy) is 1. The van der Waals surface area contributed by atoms with Crippen molar-refractivity contribution >= 4 is 17.7 Å². The highest BCUT2D eigenvalue weighted by molar-refractivity contribution is 8.00. The van der Waals surface area contributed by atoms with Crippen molar-refractivity contribution in [1.82, 2.24) is 10.2 Å². The molecule has 5 heteroatoms. The highest BCUT2D eigenvalue weighted by Gasteiger charge is 2.32. The summed E-state index contributed by atoms with van der Waals surface area (Å²) in [6, 6.07) is 10.6. The molecule has 0 aliphatic carbocycles. The van der Waals surface area contributed by atoms with Crippen LogP contribution in [0.25, 0.3) is 0 Å². The molecule has 2 atom stereocenters. The van der Waals surface area contributed by atoms with Gasteiger partial charge in [0.25, 0.3) is 0 Å². The maximum absolute atomic E-state index is 11.9. The van der Waals surface area contributed by atoms with Gasteiger partial charge in [-0.2, -0.15) is 0 Å². The number of carbonyl (C=O) groups excluding carboxylic acids is 1. The lowest BCUT2D eigenvalue weighted by Crippen LogP contribution is -2.50. The van der Waals surface area contributed by atoms with E-state index in [1.54, 1.807) is 11.8 Å². The molecule has 2 aliphatic rings. The number of nitrogens with one attached hydrogen (secondary N) is 1. The lowest BCUT2D eigenvalue weighted by molar-refractivity contribution is -0.120. The minimum atomic E-state index is 0.0796. The molecule has 2 heterocycles. The first-order valence-corrected chi connectivity index (χ1v) is 8.60. The van der Waals surface area contributed by atoms with Gasteiger partial charge in [0.1, 0.15) is 0 Å².